The number of nitro groups is 1. The molecule has 1 fully saturated rings. The fraction of sp³-hybridized carbons (Fsp3) is 0.429. The predicted molar refractivity (Wildman–Crippen MR) is 78.6 cm³/mol. The van der Waals surface area contributed by atoms with Gasteiger partial charge in [-0.25, -0.2) is 4.79 Å². The summed E-state index contributed by atoms with van der Waals surface area (Å²) in [6, 6.07) is 6.22. The minimum Gasteiger partial charge on any atom is -0.450 e. The maximum atomic E-state index is 11.6. The molecular formula is C14H16N4O4. The van der Waals surface area contributed by atoms with E-state index in [2.05, 4.69) is 0 Å². The van der Waals surface area contributed by atoms with Crippen molar-refractivity contribution in [2.24, 2.45) is 0 Å². The summed E-state index contributed by atoms with van der Waals surface area (Å²) in [5.41, 5.74) is 0.806. The molecule has 0 saturated carbocycles. The third kappa shape index (κ3) is 3.25. The number of amides is 1. The number of anilines is 1. The Balaban J connectivity index is 2.10. The van der Waals surface area contributed by atoms with E-state index in [1.807, 2.05) is 11.0 Å². The smallest absolute Gasteiger partial charge is 0.409 e. The zero-order valence-corrected chi connectivity index (χ0v) is 12.2. The van der Waals surface area contributed by atoms with Crippen LogP contribution in [-0.4, -0.2) is 48.7 Å². The first-order chi connectivity index (χ1) is 10.6. The van der Waals surface area contributed by atoms with Crippen molar-refractivity contribution in [2.45, 2.75) is 6.92 Å². The highest BCUT2D eigenvalue weighted by Gasteiger charge is 2.24. The Morgan fingerprint density at radius 2 is 2.09 bits per heavy atom. The number of rotatable bonds is 3. The zero-order chi connectivity index (χ0) is 16.1. The van der Waals surface area contributed by atoms with E-state index >= 15 is 0 Å². The standard InChI is InChI=1S/C14H16N4O4/c1-2-22-14(19)17-7-5-16(6-8-17)13-4-3-12(18(20)21)9-11(13)10-15/h3-4,9H,2,5-8H2,1H3. The fourth-order valence-electron chi connectivity index (χ4n) is 2.35. The number of nitriles is 1. The first-order valence-corrected chi connectivity index (χ1v) is 6.92. The Labute approximate surface area is 127 Å². The van der Waals surface area contributed by atoms with Crippen molar-refractivity contribution in [1.82, 2.24) is 4.90 Å². The molecule has 0 radical (unpaired) electrons. The van der Waals surface area contributed by atoms with Gasteiger partial charge in [0.2, 0.25) is 0 Å². The molecule has 0 spiro atoms. The first-order valence-electron chi connectivity index (χ1n) is 6.92. The highest BCUT2D eigenvalue weighted by molar-refractivity contribution is 5.69. The quantitative estimate of drug-likeness (QED) is 0.623. The molecule has 1 aromatic rings. The lowest BCUT2D eigenvalue weighted by atomic mass is 10.1. The van der Waals surface area contributed by atoms with Crippen LogP contribution in [0.15, 0.2) is 18.2 Å². The van der Waals surface area contributed by atoms with Gasteiger partial charge in [0.05, 0.1) is 22.8 Å². The predicted octanol–water partition coefficient (Wildman–Crippen LogP) is 1.74. The lowest BCUT2D eigenvalue weighted by Crippen LogP contribution is -2.49. The van der Waals surface area contributed by atoms with E-state index < -0.39 is 4.92 Å². The Morgan fingerprint density at radius 1 is 1.41 bits per heavy atom. The maximum Gasteiger partial charge on any atom is 0.409 e. The van der Waals surface area contributed by atoms with Crippen molar-refractivity contribution < 1.29 is 14.5 Å². The van der Waals surface area contributed by atoms with Crippen LogP contribution in [0.2, 0.25) is 0 Å². The van der Waals surface area contributed by atoms with Gasteiger partial charge in [-0.15, -0.1) is 0 Å². The van der Waals surface area contributed by atoms with Gasteiger partial charge in [0, 0.05) is 38.3 Å². The molecule has 1 aliphatic heterocycles. The van der Waals surface area contributed by atoms with E-state index in [1.165, 1.54) is 12.1 Å². The molecule has 1 aliphatic rings. The van der Waals surface area contributed by atoms with Gasteiger partial charge < -0.3 is 14.5 Å². The number of benzene rings is 1. The van der Waals surface area contributed by atoms with Crippen LogP contribution in [0.1, 0.15) is 12.5 Å². The molecule has 0 aromatic heterocycles. The summed E-state index contributed by atoms with van der Waals surface area (Å²) in [5, 5.41) is 19.9. The second-order valence-electron chi connectivity index (χ2n) is 4.74. The van der Waals surface area contributed by atoms with E-state index in [-0.39, 0.29) is 17.3 Å². The van der Waals surface area contributed by atoms with E-state index in [1.54, 1.807) is 17.9 Å². The summed E-state index contributed by atoms with van der Waals surface area (Å²) in [7, 11) is 0. The van der Waals surface area contributed by atoms with E-state index in [0.717, 1.165) is 0 Å². The molecule has 0 unspecified atom stereocenters. The molecular weight excluding hydrogens is 288 g/mol. The minimum atomic E-state index is -0.524. The van der Waals surface area contributed by atoms with Crippen LogP contribution in [-0.2, 0) is 4.74 Å². The second kappa shape index (κ2) is 6.76. The normalized spacial score (nSPS) is 14.4. The third-order valence-corrected chi connectivity index (χ3v) is 3.46. The summed E-state index contributed by atoms with van der Waals surface area (Å²) in [6.07, 6.45) is -0.341. The molecule has 0 bridgehead atoms. The van der Waals surface area contributed by atoms with Gasteiger partial charge in [-0.2, -0.15) is 5.26 Å². The number of non-ortho nitro benzene ring substituents is 1. The van der Waals surface area contributed by atoms with E-state index in [9.17, 15) is 20.2 Å². The van der Waals surface area contributed by atoms with Crippen molar-refractivity contribution in [3.05, 3.63) is 33.9 Å². The van der Waals surface area contributed by atoms with Crippen molar-refractivity contribution in [3.8, 4) is 6.07 Å². The molecule has 2 rings (SSSR count). The topological polar surface area (TPSA) is 99.7 Å². The maximum absolute atomic E-state index is 11.6. The summed E-state index contributed by atoms with van der Waals surface area (Å²) < 4.78 is 4.95. The molecule has 0 aliphatic carbocycles. The van der Waals surface area contributed by atoms with Gasteiger partial charge in [0.15, 0.2) is 0 Å². The van der Waals surface area contributed by atoms with Gasteiger partial charge in [0.1, 0.15) is 6.07 Å². The Bertz CT molecular complexity index is 618. The first kappa shape index (κ1) is 15.6. The molecule has 1 amide bonds. The Morgan fingerprint density at radius 3 is 2.64 bits per heavy atom. The number of piperazine rings is 1. The largest absolute Gasteiger partial charge is 0.450 e. The molecule has 1 heterocycles. The van der Waals surface area contributed by atoms with Crippen molar-refractivity contribution in [2.75, 3.05) is 37.7 Å². The molecule has 22 heavy (non-hydrogen) atoms. The van der Waals surface area contributed by atoms with Crippen molar-refractivity contribution in [1.29, 1.82) is 5.26 Å². The number of ether oxygens (including phenoxy) is 1. The fourth-order valence-corrected chi connectivity index (χ4v) is 2.35. The summed E-state index contributed by atoms with van der Waals surface area (Å²) >= 11 is 0. The number of nitro benzene ring substituents is 1. The van der Waals surface area contributed by atoms with Gasteiger partial charge in [0.25, 0.3) is 5.69 Å². The number of carbonyl (C=O) groups excluding carboxylic acids is 1. The minimum absolute atomic E-state index is 0.106. The number of nitrogens with zero attached hydrogens (tertiary/aromatic N) is 4. The van der Waals surface area contributed by atoms with Crippen LogP contribution in [0.25, 0.3) is 0 Å². The third-order valence-electron chi connectivity index (χ3n) is 3.46. The molecule has 116 valence electrons. The molecule has 0 N–H and O–H groups in total. The number of hydrogen-bond acceptors (Lipinski definition) is 6. The summed E-state index contributed by atoms with van der Waals surface area (Å²) in [5.74, 6) is 0. The summed E-state index contributed by atoms with van der Waals surface area (Å²) in [4.78, 5) is 25.4. The van der Waals surface area contributed by atoms with Crippen LogP contribution in [0.4, 0.5) is 16.2 Å². The van der Waals surface area contributed by atoms with Crippen LogP contribution >= 0.6 is 0 Å². The average molecular weight is 304 g/mol. The highest BCUT2D eigenvalue weighted by atomic mass is 16.6. The van der Waals surface area contributed by atoms with Crippen LogP contribution in [0, 0.1) is 21.4 Å². The van der Waals surface area contributed by atoms with E-state index in [4.69, 9.17) is 4.74 Å². The molecule has 8 nitrogen and oxygen atoms in total. The SMILES string of the molecule is CCOC(=O)N1CCN(c2ccc([N+](=O)[O-])cc2C#N)CC1. The van der Waals surface area contributed by atoms with E-state index in [0.29, 0.717) is 38.5 Å². The molecule has 0 atom stereocenters. The highest BCUT2D eigenvalue weighted by Crippen LogP contribution is 2.26. The van der Waals surface area contributed by atoms with Crippen LogP contribution < -0.4 is 4.90 Å². The molecule has 1 aromatic carbocycles. The van der Waals surface area contributed by atoms with Gasteiger partial charge in [-0.1, -0.05) is 0 Å². The number of hydrogen-bond donors (Lipinski definition) is 0. The van der Waals surface area contributed by atoms with Crippen molar-refractivity contribution >= 4 is 17.5 Å². The Kier molecular flexibility index (Phi) is 4.78. The van der Waals surface area contributed by atoms with Crippen LogP contribution in [0.3, 0.4) is 0 Å². The lowest BCUT2D eigenvalue weighted by molar-refractivity contribution is -0.384. The van der Waals surface area contributed by atoms with Crippen molar-refractivity contribution in [3.63, 3.8) is 0 Å². The molecule has 8 heteroatoms. The summed E-state index contributed by atoms with van der Waals surface area (Å²) in [6.45, 7) is 4.15. The average Bonchev–Trinajstić information content (AvgIpc) is 2.54. The Hall–Kier alpha value is -2.82. The second-order valence-corrected chi connectivity index (χ2v) is 4.74. The van der Waals surface area contributed by atoms with Gasteiger partial charge in [-0.3, -0.25) is 10.1 Å². The van der Waals surface area contributed by atoms with Gasteiger partial charge >= 0.3 is 6.09 Å². The molecule has 1 saturated heterocycles. The zero-order valence-electron chi connectivity index (χ0n) is 12.2. The van der Waals surface area contributed by atoms with Gasteiger partial charge in [-0.05, 0) is 13.0 Å². The number of carbonyl (C=O) groups is 1. The monoisotopic (exact) mass is 304 g/mol. The van der Waals surface area contributed by atoms with Crippen LogP contribution in [0.5, 0.6) is 0 Å². The lowest BCUT2D eigenvalue weighted by Gasteiger charge is -2.35.